The highest BCUT2D eigenvalue weighted by Crippen LogP contribution is 2.27. The number of carbonyl (C=O) groups is 2. The van der Waals surface area contributed by atoms with E-state index in [9.17, 15) is 9.59 Å². The summed E-state index contributed by atoms with van der Waals surface area (Å²) in [5.41, 5.74) is 5.33. The van der Waals surface area contributed by atoms with Crippen molar-refractivity contribution in [1.29, 1.82) is 0 Å². The van der Waals surface area contributed by atoms with Crippen LogP contribution in [-0.2, 0) is 22.6 Å². The fourth-order valence-corrected chi connectivity index (χ4v) is 4.15. The van der Waals surface area contributed by atoms with Crippen molar-refractivity contribution in [2.45, 2.75) is 52.1 Å². The van der Waals surface area contributed by atoms with Crippen LogP contribution in [-0.4, -0.2) is 52.5 Å². The standard InChI is InChI=1S/C19H26N2O3/c1-13-9-14(2)16-6-8-20(11-15(16)10-13)17-5-3-4-7-21(19(17)24)12-18(22)23/h9-10,17H,3-8,11-12H2,1-2H3,(H,22,23). The molecule has 2 aliphatic heterocycles. The second-order valence-corrected chi connectivity index (χ2v) is 7.11. The molecular weight excluding hydrogens is 304 g/mol. The smallest absolute Gasteiger partial charge is 0.323 e. The Kier molecular flexibility index (Phi) is 4.90. The van der Waals surface area contributed by atoms with E-state index in [1.165, 1.54) is 27.2 Å². The quantitative estimate of drug-likeness (QED) is 0.922. The number of aryl methyl sites for hydroxylation is 2. The van der Waals surface area contributed by atoms with Crippen molar-refractivity contribution in [2.75, 3.05) is 19.6 Å². The first kappa shape index (κ1) is 17.0. The summed E-state index contributed by atoms with van der Waals surface area (Å²) in [4.78, 5) is 27.7. The van der Waals surface area contributed by atoms with Crippen LogP contribution >= 0.6 is 0 Å². The Morgan fingerprint density at radius 3 is 2.79 bits per heavy atom. The fourth-order valence-electron chi connectivity index (χ4n) is 4.15. The van der Waals surface area contributed by atoms with Gasteiger partial charge in [0.15, 0.2) is 0 Å². The molecule has 1 aromatic carbocycles. The van der Waals surface area contributed by atoms with Crippen molar-refractivity contribution in [3.63, 3.8) is 0 Å². The van der Waals surface area contributed by atoms with Gasteiger partial charge in [0.1, 0.15) is 6.54 Å². The van der Waals surface area contributed by atoms with Crippen molar-refractivity contribution in [1.82, 2.24) is 9.80 Å². The first-order valence-electron chi connectivity index (χ1n) is 8.79. The van der Waals surface area contributed by atoms with Crippen LogP contribution in [0.2, 0.25) is 0 Å². The molecule has 0 bridgehead atoms. The second kappa shape index (κ2) is 6.93. The Hall–Kier alpha value is -1.88. The molecule has 5 nitrogen and oxygen atoms in total. The predicted molar refractivity (Wildman–Crippen MR) is 91.9 cm³/mol. The largest absolute Gasteiger partial charge is 0.480 e. The lowest BCUT2D eigenvalue weighted by atomic mass is 9.92. The van der Waals surface area contributed by atoms with E-state index in [1.54, 1.807) is 0 Å². The van der Waals surface area contributed by atoms with Crippen molar-refractivity contribution in [3.05, 3.63) is 34.4 Å². The molecule has 5 heteroatoms. The summed E-state index contributed by atoms with van der Waals surface area (Å²) < 4.78 is 0. The van der Waals surface area contributed by atoms with Gasteiger partial charge in [0.2, 0.25) is 5.91 Å². The van der Waals surface area contributed by atoms with E-state index in [4.69, 9.17) is 5.11 Å². The highest BCUT2D eigenvalue weighted by molar-refractivity contribution is 5.85. The van der Waals surface area contributed by atoms with Gasteiger partial charge in [-0.25, -0.2) is 0 Å². The summed E-state index contributed by atoms with van der Waals surface area (Å²) in [5, 5.41) is 9.06. The van der Waals surface area contributed by atoms with Gasteiger partial charge in [-0.1, -0.05) is 17.7 Å². The lowest BCUT2D eigenvalue weighted by Gasteiger charge is -2.36. The molecule has 24 heavy (non-hydrogen) atoms. The van der Waals surface area contributed by atoms with Crippen LogP contribution in [0.5, 0.6) is 0 Å². The molecule has 130 valence electrons. The van der Waals surface area contributed by atoms with Gasteiger partial charge in [-0.15, -0.1) is 0 Å². The number of aliphatic carboxylic acids is 1. The lowest BCUT2D eigenvalue weighted by Crippen LogP contribution is -2.50. The number of carboxylic acids is 1. The molecule has 2 heterocycles. The number of amides is 1. The lowest BCUT2D eigenvalue weighted by molar-refractivity contribution is -0.146. The Bertz CT molecular complexity index is 656. The highest BCUT2D eigenvalue weighted by atomic mass is 16.4. The summed E-state index contributed by atoms with van der Waals surface area (Å²) in [6.07, 6.45) is 3.65. The van der Waals surface area contributed by atoms with Gasteiger partial charge in [0.25, 0.3) is 0 Å². The van der Waals surface area contributed by atoms with Crippen LogP contribution in [0, 0.1) is 13.8 Å². The number of likely N-dealkylation sites (tertiary alicyclic amines) is 1. The first-order chi connectivity index (χ1) is 11.5. The average Bonchev–Trinajstić information content (AvgIpc) is 2.68. The predicted octanol–water partition coefficient (Wildman–Crippen LogP) is 2.13. The Labute approximate surface area is 143 Å². The summed E-state index contributed by atoms with van der Waals surface area (Å²) in [5.74, 6) is -0.943. The van der Waals surface area contributed by atoms with Gasteiger partial charge in [0.05, 0.1) is 6.04 Å². The minimum atomic E-state index is -0.931. The van der Waals surface area contributed by atoms with Crippen LogP contribution < -0.4 is 0 Å². The maximum absolute atomic E-state index is 12.8. The molecule has 1 unspecified atom stereocenters. The number of rotatable bonds is 3. The number of benzene rings is 1. The van der Waals surface area contributed by atoms with Crippen LogP contribution in [0.4, 0.5) is 0 Å². The number of hydrogen-bond donors (Lipinski definition) is 1. The summed E-state index contributed by atoms with van der Waals surface area (Å²) in [6, 6.07) is 4.27. The molecule has 3 rings (SSSR count). The molecular formula is C19H26N2O3. The highest BCUT2D eigenvalue weighted by Gasteiger charge is 2.34. The van der Waals surface area contributed by atoms with Crippen LogP contribution in [0.3, 0.4) is 0 Å². The molecule has 1 N–H and O–H groups in total. The normalized spacial score (nSPS) is 22.2. The van der Waals surface area contributed by atoms with Gasteiger partial charge in [0, 0.05) is 19.6 Å². The van der Waals surface area contributed by atoms with E-state index in [2.05, 4.69) is 30.9 Å². The number of nitrogens with zero attached hydrogens (tertiary/aromatic N) is 2. The van der Waals surface area contributed by atoms with E-state index < -0.39 is 5.97 Å². The molecule has 0 saturated carbocycles. The third kappa shape index (κ3) is 3.46. The van der Waals surface area contributed by atoms with E-state index in [-0.39, 0.29) is 18.5 Å². The zero-order chi connectivity index (χ0) is 17.3. The van der Waals surface area contributed by atoms with Gasteiger partial charge < -0.3 is 10.0 Å². The molecule has 1 atom stereocenters. The van der Waals surface area contributed by atoms with Gasteiger partial charge >= 0.3 is 5.97 Å². The maximum Gasteiger partial charge on any atom is 0.323 e. The Morgan fingerprint density at radius 2 is 2.04 bits per heavy atom. The monoisotopic (exact) mass is 330 g/mol. The topological polar surface area (TPSA) is 60.9 Å². The van der Waals surface area contributed by atoms with Crippen LogP contribution in [0.1, 0.15) is 41.5 Å². The molecule has 1 saturated heterocycles. The minimum absolute atomic E-state index is 0.0114. The third-order valence-electron chi connectivity index (χ3n) is 5.25. The molecule has 1 aromatic rings. The Morgan fingerprint density at radius 1 is 1.25 bits per heavy atom. The molecule has 0 spiro atoms. The Balaban J connectivity index is 1.80. The number of hydrogen-bond acceptors (Lipinski definition) is 3. The molecule has 0 aliphatic carbocycles. The van der Waals surface area contributed by atoms with E-state index in [1.807, 2.05) is 0 Å². The number of carbonyl (C=O) groups excluding carboxylic acids is 1. The molecule has 2 aliphatic rings. The summed E-state index contributed by atoms with van der Waals surface area (Å²) in [7, 11) is 0. The van der Waals surface area contributed by atoms with Crippen molar-refractivity contribution in [2.24, 2.45) is 0 Å². The second-order valence-electron chi connectivity index (χ2n) is 7.11. The van der Waals surface area contributed by atoms with E-state index >= 15 is 0 Å². The molecule has 0 radical (unpaired) electrons. The molecule has 1 fully saturated rings. The first-order valence-corrected chi connectivity index (χ1v) is 8.79. The fraction of sp³-hybridized carbons (Fsp3) is 0.579. The number of fused-ring (bicyclic) bond motifs is 1. The zero-order valence-electron chi connectivity index (χ0n) is 14.5. The SMILES string of the molecule is Cc1cc(C)c2c(c1)CN(C1CCCCN(CC(=O)O)C1=O)CC2. The van der Waals surface area contributed by atoms with E-state index in [0.29, 0.717) is 6.54 Å². The van der Waals surface area contributed by atoms with Crippen LogP contribution in [0.25, 0.3) is 0 Å². The molecule has 1 amide bonds. The van der Waals surface area contributed by atoms with Gasteiger partial charge in [-0.3, -0.25) is 14.5 Å². The van der Waals surface area contributed by atoms with E-state index in [0.717, 1.165) is 38.8 Å². The van der Waals surface area contributed by atoms with Gasteiger partial charge in [-0.05, 0) is 56.2 Å². The molecule has 0 aromatic heterocycles. The van der Waals surface area contributed by atoms with Crippen molar-refractivity contribution < 1.29 is 14.7 Å². The van der Waals surface area contributed by atoms with Crippen molar-refractivity contribution in [3.8, 4) is 0 Å². The summed E-state index contributed by atoms with van der Waals surface area (Å²) in [6.45, 7) is 6.30. The third-order valence-corrected chi connectivity index (χ3v) is 5.25. The number of carboxylic acid groups (broad SMARTS) is 1. The zero-order valence-corrected chi connectivity index (χ0v) is 14.5. The van der Waals surface area contributed by atoms with Crippen molar-refractivity contribution >= 4 is 11.9 Å². The minimum Gasteiger partial charge on any atom is -0.480 e. The average molecular weight is 330 g/mol. The van der Waals surface area contributed by atoms with Crippen LogP contribution in [0.15, 0.2) is 12.1 Å². The van der Waals surface area contributed by atoms with Gasteiger partial charge in [-0.2, -0.15) is 0 Å². The maximum atomic E-state index is 12.8. The summed E-state index contributed by atoms with van der Waals surface area (Å²) >= 11 is 0.